The highest BCUT2D eigenvalue weighted by Crippen LogP contribution is 2.20. The number of esters is 1. The molecule has 0 fully saturated rings. The highest BCUT2D eigenvalue weighted by atomic mass is 19.1. The fourth-order valence-electron chi connectivity index (χ4n) is 3.58. The van der Waals surface area contributed by atoms with Gasteiger partial charge in [0.25, 0.3) is 5.91 Å². The van der Waals surface area contributed by atoms with Crippen LogP contribution in [-0.2, 0) is 11.2 Å². The number of halogens is 1. The number of aryl methyl sites for hydroxylation is 1. The molecule has 0 saturated heterocycles. The Hall–Kier alpha value is -3.81. The molecule has 7 nitrogen and oxygen atoms in total. The molecule has 2 heterocycles. The number of carbonyl (C=O) groups excluding carboxylic acids is 3. The molecule has 0 aliphatic rings. The first-order valence-corrected chi connectivity index (χ1v) is 10.1. The molecule has 1 N–H and O–H groups in total. The molecule has 1 aromatic carbocycles. The lowest BCUT2D eigenvalue weighted by molar-refractivity contribution is 0.0593. The van der Waals surface area contributed by atoms with E-state index >= 15 is 0 Å². The minimum atomic E-state index is -0.576. The number of carbonyl (C=O) groups is 3. The van der Waals surface area contributed by atoms with Crippen LogP contribution in [0.4, 0.5) is 4.39 Å². The molecule has 0 bridgehead atoms. The van der Waals surface area contributed by atoms with Gasteiger partial charge in [-0.25, -0.2) is 9.18 Å². The van der Waals surface area contributed by atoms with Crippen LogP contribution in [0, 0.1) is 19.7 Å². The standard InChI is InChI=1S/C24H24FN3O4/c1-15-21(16(2)27-22(15)24(31)32-3)20(29)14-28(12-10-19-9-4-5-11-26-19)23(30)17-7-6-8-18(25)13-17/h4-9,11,13,27H,10,12,14H2,1-3H3. The molecule has 0 aliphatic heterocycles. The maximum absolute atomic E-state index is 13.7. The summed E-state index contributed by atoms with van der Waals surface area (Å²) in [5.41, 5.74) is 2.42. The van der Waals surface area contributed by atoms with Crippen LogP contribution in [0.3, 0.4) is 0 Å². The fourth-order valence-corrected chi connectivity index (χ4v) is 3.58. The maximum atomic E-state index is 13.7. The molecular weight excluding hydrogens is 413 g/mol. The summed E-state index contributed by atoms with van der Waals surface area (Å²) in [6, 6.07) is 10.8. The first kappa shape index (κ1) is 22.9. The second-order valence-corrected chi connectivity index (χ2v) is 7.35. The van der Waals surface area contributed by atoms with Crippen LogP contribution >= 0.6 is 0 Å². The molecular formula is C24H24FN3O4. The van der Waals surface area contributed by atoms with E-state index in [-0.39, 0.29) is 30.1 Å². The van der Waals surface area contributed by atoms with Crippen LogP contribution in [0.1, 0.15) is 48.2 Å². The van der Waals surface area contributed by atoms with Gasteiger partial charge in [0.2, 0.25) is 0 Å². The normalized spacial score (nSPS) is 10.6. The van der Waals surface area contributed by atoms with Crippen LogP contribution in [-0.4, -0.2) is 52.7 Å². The van der Waals surface area contributed by atoms with Gasteiger partial charge in [-0.1, -0.05) is 12.1 Å². The van der Waals surface area contributed by atoms with Crippen molar-refractivity contribution in [2.45, 2.75) is 20.3 Å². The Balaban J connectivity index is 1.88. The van der Waals surface area contributed by atoms with Gasteiger partial charge in [0.05, 0.1) is 13.7 Å². The van der Waals surface area contributed by atoms with Crippen molar-refractivity contribution in [3.63, 3.8) is 0 Å². The lowest BCUT2D eigenvalue weighted by atomic mass is 10.0. The highest BCUT2D eigenvalue weighted by molar-refractivity contribution is 6.05. The summed E-state index contributed by atoms with van der Waals surface area (Å²) in [5.74, 6) is -1.91. The molecule has 3 rings (SSSR count). The van der Waals surface area contributed by atoms with E-state index in [0.717, 1.165) is 11.8 Å². The Morgan fingerprint density at radius 1 is 1.12 bits per heavy atom. The van der Waals surface area contributed by atoms with Crippen molar-refractivity contribution in [1.29, 1.82) is 0 Å². The van der Waals surface area contributed by atoms with Gasteiger partial charge >= 0.3 is 5.97 Å². The van der Waals surface area contributed by atoms with Crippen molar-refractivity contribution in [2.75, 3.05) is 20.2 Å². The van der Waals surface area contributed by atoms with Crippen molar-refractivity contribution in [1.82, 2.24) is 14.9 Å². The molecule has 0 spiro atoms. The van der Waals surface area contributed by atoms with E-state index in [1.807, 2.05) is 12.1 Å². The van der Waals surface area contributed by atoms with E-state index in [1.165, 1.54) is 30.2 Å². The smallest absolute Gasteiger partial charge is 0.354 e. The second kappa shape index (κ2) is 10.00. The SMILES string of the molecule is COC(=O)c1[nH]c(C)c(C(=O)CN(CCc2ccccn2)C(=O)c2cccc(F)c2)c1C. The number of benzene rings is 1. The predicted octanol–water partition coefficient (Wildman–Crippen LogP) is 3.52. The van der Waals surface area contributed by atoms with Crippen molar-refractivity contribution in [2.24, 2.45) is 0 Å². The number of ketones is 1. The van der Waals surface area contributed by atoms with E-state index in [1.54, 1.807) is 26.1 Å². The van der Waals surface area contributed by atoms with Crippen LogP contribution in [0.5, 0.6) is 0 Å². The third-order valence-corrected chi connectivity index (χ3v) is 5.16. The van der Waals surface area contributed by atoms with E-state index in [9.17, 15) is 18.8 Å². The van der Waals surface area contributed by atoms with Crippen LogP contribution in [0.15, 0.2) is 48.7 Å². The predicted molar refractivity (Wildman–Crippen MR) is 116 cm³/mol. The quantitative estimate of drug-likeness (QED) is 0.430. The van der Waals surface area contributed by atoms with Crippen molar-refractivity contribution in [3.05, 3.63) is 88.3 Å². The molecule has 0 saturated carbocycles. The van der Waals surface area contributed by atoms with Gasteiger partial charge in [0, 0.05) is 41.7 Å². The number of nitrogens with zero attached hydrogens (tertiary/aromatic N) is 2. The second-order valence-electron chi connectivity index (χ2n) is 7.35. The number of H-pyrrole nitrogens is 1. The number of methoxy groups -OCH3 is 1. The Kier molecular flexibility index (Phi) is 7.14. The first-order chi connectivity index (χ1) is 15.3. The summed E-state index contributed by atoms with van der Waals surface area (Å²) < 4.78 is 18.4. The fraction of sp³-hybridized carbons (Fsp3) is 0.250. The van der Waals surface area contributed by atoms with Gasteiger partial charge in [0.1, 0.15) is 11.5 Å². The van der Waals surface area contributed by atoms with Crippen LogP contribution in [0.25, 0.3) is 0 Å². The monoisotopic (exact) mass is 437 g/mol. The number of rotatable bonds is 8. The third-order valence-electron chi connectivity index (χ3n) is 5.16. The number of hydrogen-bond donors (Lipinski definition) is 1. The van der Waals surface area contributed by atoms with Crippen molar-refractivity contribution in [3.8, 4) is 0 Å². The van der Waals surface area contributed by atoms with Gasteiger partial charge in [-0.3, -0.25) is 14.6 Å². The number of hydrogen-bond acceptors (Lipinski definition) is 5. The lowest BCUT2D eigenvalue weighted by Crippen LogP contribution is -2.37. The largest absolute Gasteiger partial charge is 0.464 e. The molecule has 166 valence electrons. The van der Waals surface area contributed by atoms with Gasteiger partial charge in [-0.2, -0.15) is 0 Å². The number of Topliss-reactive ketones (excluding diaryl/α,β-unsaturated/α-hetero) is 1. The molecule has 1 amide bonds. The van der Waals surface area contributed by atoms with E-state index in [0.29, 0.717) is 23.2 Å². The Labute approximate surface area is 185 Å². The van der Waals surface area contributed by atoms with Gasteiger partial charge < -0.3 is 14.6 Å². The van der Waals surface area contributed by atoms with Gasteiger partial charge in [-0.15, -0.1) is 0 Å². The van der Waals surface area contributed by atoms with Crippen LogP contribution < -0.4 is 0 Å². The van der Waals surface area contributed by atoms with E-state index in [4.69, 9.17) is 4.74 Å². The number of aromatic amines is 1. The van der Waals surface area contributed by atoms with Gasteiger partial charge in [0.15, 0.2) is 5.78 Å². The minimum absolute atomic E-state index is 0.150. The number of nitrogens with one attached hydrogen (secondary N) is 1. The number of aromatic nitrogens is 2. The summed E-state index contributed by atoms with van der Waals surface area (Å²) in [6.45, 7) is 3.31. The topological polar surface area (TPSA) is 92.4 Å². The minimum Gasteiger partial charge on any atom is -0.464 e. The Morgan fingerprint density at radius 2 is 1.91 bits per heavy atom. The van der Waals surface area contributed by atoms with E-state index < -0.39 is 17.7 Å². The van der Waals surface area contributed by atoms with Gasteiger partial charge in [-0.05, 0) is 49.7 Å². The molecule has 0 radical (unpaired) electrons. The first-order valence-electron chi connectivity index (χ1n) is 10.1. The molecule has 0 unspecified atom stereocenters. The molecule has 32 heavy (non-hydrogen) atoms. The number of pyridine rings is 1. The third kappa shape index (κ3) is 5.08. The number of amides is 1. The lowest BCUT2D eigenvalue weighted by Gasteiger charge is -2.22. The molecule has 0 atom stereocenters. The highest BCUT2D eigenvalue weighted by Gasteiger charge is 2.26. The summed E-state index contributed by atoms with van der Waals surface area (Å²) >= 11 is 0. The summed E-state index contributed by atoms with van der Waals surface area (Å²) in [5, 5.41) is 0. The Bertz CT molecular complexity index is 1140. The van der Waals surface area contributed by atoms with Crippen LogP contribution in [0.2, 0.25) is 0 Å². The molecule has 0 aliphatic carbocycles. The molecule has 3 aromatic rings. The molecule has 2 aromatic heterocycles. The zero-order chi connectivity index (χ0) is 23.3. The summed E-state index contributed by atoms with van der Waals surface area (Å²) in [6.07, 6.45) is 2.08. The zero-order valence-corrected chi connectivity index (χ0v) is 18.1. The summed E-state index contributed by atoms with van der Waals surface area (Å²) in [4.78, 5) is 46.8. The number of ether oxygens (including phenoxy) is 1. The zero-order valence-electron chi connectivity index (χ0n) is 18.1. The average molecular weight is 437 g/mol. The Morgan fingerprint density at radius 3 is 2.56 bits per heavy atom. The van der Waals surface area contributed by atoms with E-state index in [2.05, 4.69) is 9.97 Å². The summed E-state index contributed by atoms with van der Waals surface area (Å²) in [7, 11) is 1.26. The molecule has 8 heteroatoms. The van der Waals surface area contributed by atoms with Crippen molar-refractivity contribution >= 4 is 17.7 Å². The average Bonchev–Trinajstić information content (AvgIpc) is 3.10. The maximum Gasteiger partial charge on any atom is 0.354 e. The van der Waals surface area contributed by atoms with Crippen molar-refractivity contribution < 1.29 is 23.5 Å².